The zero-order valence-electron chi connectivity index (χ0n) is 11.0. The Morgan fingerprint density at radius 3 is 2.58 bits per heavy atom. The molecule has 0 aliphatic rings. The van der Waals surface area contributed by atoms with Gasteiger partial charge in [0.05, 0.1) is 6.42 Å². The molecular weight excluding hydrogens is 246 g/mol. The summed E-state index contributed by atoms with van der Waals surface area (Å²) in [4.78, 5) is 22.3. The van der Waals surface area contributed by atoms with Gasteiger partial charge in [0, 0.05) is 6.04 Å². The standard InChI is InChI=1S/C14H19NO4/c1-2-6-11(9-14(17)18)15-13(16)10-19-12-7-4-3-5-8-12/h3-5,7-8,11H,2,6,9-10H2,1H3,(H,15,16)(H,17,18). The maximum Gasteiger partial charge on any atom is 0.305 e. The number of carbonyl (C=O) groups is 2. The zero-order valence-corrected chi connectivity index (χ0v) is 11.0. The zero-order chi connectivity index (χ0) is 14.1. The van der Waals surface area contributed by atoms with E-state index in [1.807, 2.05) is 25.1 Å². The Balaban J connectivity index is 2.37. The van der Waals surface area contributed by atoms with Crippen molar-refractivity contribution in [3.63, 3.8) is 0 Å². The Bertz CT molecular complexity index is 405. The van der Waals surface area contributed by atoms with Crippen molar-refractivity contribution in [2.75, 3.05) is 6.61 Å². The van der Waals surface area contributed by atoms with Crippen LogP contribution < -0.4 is 10.1 Å². The SMILES string of the molecule is CCCC(CC(=O)O)NC(=O)COc1ccccc1. The van der Waals surface area contributed by atoms with E-state index < -0.39 is 5.97 Å². The molecule has 0 heterocycles. The predicted octanol–water partition coefficient (Wildman–Crippen LogP) is 1.82. The number of carboxylic acids is 1. The highest BCUT2D eigenvalue weighted by Crippen LogP contribution is 2.08. The number of ether oxygens (including phenoxy) is 1. The third-order valence-corrected chi connectivity index (χ3v) is 2.54. The summed E-state index contributed by atoms with van der Waals surface area (Å²) in [5.41, 5.74) is 0. The number of para-hydroxylation sites is 1. The first-order chi connectivity index (χ1) is 9.11. The number of hydrogen-bond donors (Lipinski definition) is 2. The average Bonchev–Trinajstić information content (AvgIpc) is 2.37. The van der Waals surface area contributed by atoms with Gasteiger partial charge >= 0.3 is 5.97 Å². The van der Waals surface area contributed by atoms with E-state index in [0.717, 1.165) is 6.42 Å². The van der Waals surface area contributed by atoms with E-state index in [1.54, 1.807) is 12.1 Å². The monoisotopic (exact) mass is 265 g/mol. The van der Waals surface area contributed by atoms with Crippen LogP contribution in [0, 0.1) is 0 Å². The van der Waals surface area contributed by atoms with Crippen LogP contribution in [0.4, 0.5) is 0 Å². The van der Waals surface area contributed by atoms with Crippen molar-refractivity contribution in [3.8, 4) is 5.75 Å². The van der Waals surface area contributed by atoms with E-state index >= 15 is 0 Å². The first-order valence-corrected chi connectivity index (χ1v) is 6.30. The molecule has 1 aromatic carbocycles. The Labute approximate surface area is 112 Å². The van der Waals surface area contributed by atoms with Crippen LogP contribution in [0.15, 0.2) is 30.3 Å². The van der Waals surface area contributed by atoms with Crippen LogP contribution in [0.2, 0.25) is 0 Å². The van der Waals surface area contributed by atoms with Crippen LogP contribution in [0.1, 0.15) is 26.2 Å². The van der Waals surface area contributed by atoms with Gasteiger partial charge in [-0.05, 0) is 18.6 Å². The van der Waals surface area contributed by atoms with Gasteiger partial charge in [-0.25, -0.2) is 0 Å². The summed E-state index contributed by atoms with van der Waals surface area (Å²) < 4.78 is 5.29. The molecule has 5 heteroatoms. The molecule has 0 saturated carbocycles. The smallest absolute Gasteiger partial charge is 0.305 e. The van der Waals surface area contributed by atoms with Crippen molar-refractivity contribution in [1.82, 2.24) is 5.32 Å². The van der Waals surface area contributed by atoms with Gasteiger partial charge in [0.15, 0.2) is 6.61 Å². The van der Waals surface area contributed by atoms with Gasteiger partial charge in [0.1, 0.15) is 5.75 Å². The van der Waals surface area contributed by atoms with E-state index in [-0.39, 0.29) is 25.0 Å². The topological polar surface area (TPSA) is 75.6 Å². The molecular formula is C14H19NO4. The van der Waals surface area contributed by atoms with Crippen LogP contribution >= 0.6 is 0 Å². The fourth-order valence-electron chi connectivity index (χ4n) is 1.72. The average molecular weight is 265 g/mol. The fraction of sp³-hybridized carbons (Fsp3) is 0.429. The van der Waals surface area contributed by atoms with Crippen LogP contribution in [0.3, 0.4) is 0 Å². The molecule has 0 bridgehead atoms. The van der Waals surface area contributed by atoms with Crippen molar-refractivity contribution < 1.29 is 19.4 Å². The minimum atomic E-state index is -0.914. The number of nitrogens with one attached hydrogen (secondary N) is 1. The van der Waals surface area contributed by atoms with Gasteiger partial charge in [-0.1, -0.05) is 31.5 Å². The fourth-order valence-corrected chi connectivity index (χ4v) is 1.72. The third-order valence-electron chi connectivity index (χ3n) is 2.54. The van der Waals surface area contributed by atoms with E-state index in [2.05, 4.69) is 5.32 Å². The van der Waals surface area contributed by atoms with Gasteiger partial charge < -0.3 is 15.2 Å². The first-order valence-electron chi connectivity index (χ1n) is 6.30. The molecule has 0 aliphatic carbocycles. The Hall–Kier alpha value is -2.04. The number of rotatable bonds is 8. The maximum atomic E-state index is 11.7. The van der Waals surface area contributed by atoms with E-state index in [9.17, 15) is 9.59 Å². The van der Waals surface area contributed by atoms with Gasteiger partial charge in [0.2, 0.25) is 0 Å². The van der Waals surface area contributed by atoms with Crippen molar-refractivity contribution in [1.29, 1.82) is 0 Å². The molecule has 104 valence electrons. The van der Waals surface area contributed by atoms with Crippen LogP contribution in [0.5, 0.6) is 5.75 Å². The molecule has 1 amide bonds. The summed E-state index contributed by atoms with van der Waals surface area (Å²) in [5, 5.41) is 11.4. The molecule has 1 atom stereocenters. The number of carbonyl (C=O) groups excluding carboxylic acids is 1. The van der Waals surface area contributed by atoms with E-state index in [1.165, 1.54) is 0 Å². The molecule has 1 rings (SSSR count). The summed E-state index contributed by atoms with van der Waals surface area (Å²) in [5.74, 6) is -0.603. The summed E-state index contributed by atoms with van der Waals surface area (Å²) >= 11 is 0. The number of aliphatic carboxylic acids is 1. The molecule has 1 unspecified atom stereocenters. The lowest BCUT2D eigenvalue weighted by Gasteiger charge is -2.16. The molecule has 0 saturated heterocycles. The van der Waals surface area contributed by atoms with Gasteiger partial charge in [0.25, 0.3) is 5.91 Å². The quantitative estimate of drug-likeness (QED) is 0.752. The van der Waals surface area contributed by atoms with Crippen molar-refractivity contribution in [2.24, 2.45) is 0 Å². The summed E-state index contributed by atoms with van der Waals surface area (Å²) in [6.45, 7) is 1.84. The summed E-state index contributed by atoms with van der Waals surface area (Å²) in [7, 11) is 0. The minimum Gasteiger partial charge on any atom is -0.484 e. The van der Waals surface area contributed by atoms with Gasteiger partial charge in [-0.3, -0.25) is 9.59 Å². The highest BCUT2D eigenvalue weighted by Gasteiger charge is 2.15. The molecule has 0 fully saturated rings. The van der Waals surface area contributed by atoms with E-state index in [0.29, 0.717) is 12.2 Å². The van der Waals surface area contributed by atoms with Crippen molar-refractivity contribution >= 4 is 11.9 Å². The second-order valence-corrected chi connectivity index (χ2v) is 4.25. The second-order valence-electron chi connectivity index (χ2n) is 4.25. The molecule has 5 nitrogen and oxygen atoms in total. The number of benzene rings is 1. The molecule has 0 aliphatic heterocycles. The molecule has 0 aromatic heterocycles. The molecule has 19 heavy (non-hydrogen) atoms. The number of amides is 1. The lowest BCUT2D eigenvalue weighted by Crippen LogP contribution is -2.39. The van der Waals surface area contributed by atoms with Crippen LogP contribution in [-0.2, 0) is 9.59 Å². The molecule has 1 aromatic rings. The van der Waals surface area contributed by atoms with Crippen molar-refractivity contribution in [2.45, 2.75) is 32.2 Å². The first kappa shape index (κ1) is 15.0. The number of carboxylic acid groups (broad SMARTS) is 1. The maximum absolute atomic E-state index is 11.7. The molecule has 2 N–H and O–H groups in total. The van der Waals surface area contributed by atoms with E-state index in [4.69, 9.17) is 9.84 Å². The summed E-state index contributed by atoms with van der Waals surface area (Å²) in [6, 6.07) is 8.67. The largest absolute Gasteiger partial charge is 0.484 e. The Morgan fingerprint density at radius 2 is 2.00 bits per heavy atom. The van der Waals surface area contributed by atoms with Gasteiger partial charge in [-0.2, -0.15) is 0 Å². The van der Waals surface area contributed by atoms with Gasteiger partial charge in [-0.15, -0.1) is 0 Å². The lowest BCUT2D eigenvalue weighted by atomic mass is 10.1. The van der Waals surface area contributed by atoms with Crippen LogP contribution in [-0.4, -0.2) is 29.6 Å². The van der Waals surface area contributed by atoms with Crippen LogP contribution in [0.25, 0.3) is 0 Å². The number of hydrogen-bond acceptors (Lipinski definition) is 3. The Kier molecular flexibility index (Phi) is 6.43. The highest BCUT2D eigenvalue weighted by molar-refractivity contribution is 5.78. The Morgan fingerprint density at radius 1 is 1.32 bits per heavy atom. The van der Waals surface area contributed by atoms with Crippen molar-refractivity contribution in [3.05, 3.63) is 30.3 Å². The highest BCUT2D eigenvalue weighted by atomic mass is 16.5. The summed E-state index contributed by atoms with van der Waals surface area (Å²) in [6.07, 6.45) is 1.39. The predicted molar refractivity (Wildman–Crippen MR) is 71.0 cm³/mol. The molecule has 0 radical (unpaired) electrons. The minimum absolute atomic E-state index is 0.0646. The molecule has 0 spiro atoms. The second kappa shape index (κ2) is 8.13. The lowest BCUT2D eigenvalue weighted by molar-refractivity contribution is -0.137. The third kappa shape index (κ3) is 6.45. The normalized spacial score (nSPS) is 11.6.